The molecule has 0 fully saturated rings. The third kappa shape index (κ3) is 2.26. The number of fused-ring (bicyclic) bond motifs is 1. The van der Waals surface area contributed by atoms with Crippen molar-refractivity contribution in [3.05, 3.63) is 47.8 Å². The average Bonchev–Trinajstić information content (AvgIpc) is 2.33. The summed E-state index contributed by atoms with van der Waals surface area (Å²) in [7, 11) is 0. The first-order valence-electron chi connectivity index (χ1n) is 5.24. The van der Waals surface area contributed by atoms with Crippen molar-refractivity contribution in [1.29, 1.82) is 0 Å². The highest BCUT2D eigenvalue weighted by Gasteiger charge is 2.14. The number of carboxylic acid groups (broad SMARTS) is 1. The third-order valence-corrected chi connectivity index (χ3v) is 2.72. The molecule has 1 atom stereocenters. The summed E-state index contributed by atoms with van der Waals surface area (Å²) in [6, 6.07) is 8.92. The number of halogens is 1. The second kappa shape index (κ2) is 4.51. The van der Waals surface area contributed by atoms with E-state index in [2.05, 4.69) is 0 Å². The Morgan fingerprint density at radius 1 is 1.24 bits per heavy atom. The smallest absolute Gasteiger partial charge is 0.320 e. The summed E-state index contributed by atoms with van der Waals surface area (Å²) in [5.74, 6) is -1.37. The van der Waals surface area contributed by atoms with Gasteiger partial charge in [-0.2, -0.15) is 0 Å². The lowest BCUT2D eigenvalue weighted by atomic mass is 9.99. The lowest BCUT2D eigenvalue weighted by molar-refractivity contribution is -0.138. The van der Waals surface area contributed by atoms with E-state index >= 15 is 0 Å². The Balaban J connectivity index is 2.48. The van der Waals surface area contributed by atoms with Gasteiger partial charge in [-0.1, -0.05) is 30.3 Å². The van der Waals surface area contributed by atoms with Crippen LogP contribution in [0.2, 0.25) is 0 Å². The zero-order valence-electron chi connectivity index (χ0n) is 9.06. The maximum Gasteiger partial charge on any atom is 0.320 e. The zero-order valence-corrected chi connectivity index (χ0v) is 9.06. The summed E-state index contributed by atoms with van der Waals surface area (Å²) < 4.78 is 13.5. The molecule has 0 aliphatic carbocycles. The van der Waals surface area contributed by atoms with Gasteiger partial charge in [0.25, 0.3) is 0 Å². The highest BCUT2D eigenvalue weighted by Crippen LogP contribution is 2.22. The number of carbonyl (C=O) groups is 1. The van der Waals surface area contributed by atoms with Gasteiger partial charge in [0.1, 0.15) is 11.9 Å². The minimum absolute atomic E-state index is 0.191. The Hall–Kier alpha value is -1.94. The van der Waals surface area contributed by atoms with Gasteiger partial charge in [0, 0.05) is 5.39 Å². The van der Waals surface area contributed by atoms with Crippen molar-refractivity contribution < 1.29 is 14.3 Å². The summed E-state index contributed by atoms with van der Waals surface area (Å²) in [5.41, 5.74) is 6.23. The summed E-state index contributed by atoms with van der Waals surface area (Å²) in [6.07, 6.45) is 0.191. The van der Waals surface area contributed by atoms with Gasteiger partial charge < -0.3 is 10.8 Å². The first-order valence-corrected chi connectivity index (χ1v) is 5.24. The highest BCUT2D eigenvalue weighted by atomic mass is 19.1. The molecule has 3 nitrogen and oxygen atoms in total. The van der Waals surface area contributed by atoms with Crippen LogP contribution >= 0.6 is 0 Å². The molecule has 2 aromatic carbocycles. The third-order valence-electron chi connectivity index (χ3n) is 2.72. The molecule has 0 spiro atoms. The Morgan fingerprint density at radius 3 is 2.53 bits per heavy atom. The Kier molecular flexibility index (Phi) is 3.06. The number of aliphatic carboxylic acids is 1. The van der Waals surface area contributed by atoms with Gasteiger partial charge in [0.2, 0.25) is 0 Å². The second-order valence-corrected chi connectivity index (χ2v) is 3.90. The highest BCUT2D eigenvalue weighted by molar-refractivity contribution is 5.87. The van der Waals surface area contributed by atoms with E-state index in [1.165, 1.54) is 6.07 Å². The number of nitrogens with two attached hydrogens (primary N) is 1. The van der Waals surface area contributed by atoms with Gasteiger partial charge in [-0.3, -0.25) is 4.79 Å². The molecule has 2 aromatic rings. The molecule has 4 heteroatoms. The maximum absolute atomic E-state index is 13.5. The molecule has 0 saturated carbocycles. The Morgan fingerprint density at radius 2 is 1.88 bits per heavy atom. The van der Waals surface area contributed by atoms with Crippen LogP contribution in [0.1, 0.15) is 5.56 Å². The summed E-state index contributed by atoms with van der Waals surface area (Å²) >= 11 is 0. The van der Waals surface area contributed by atoms with E-state index in [9.17, 15) is 9.18 Å². The monoisotopic (exact) mass is 233 g/mol. The average molecular weight is 233 g/mol. The van der Waals surface area contributed by atoms with Crippen molar-refractivity contribution in [2.75, 3.05) is 0 Å². The molecule has 0 saturated heterocycles. The first kappa shape index (κ1) is 11.5. The molecule has 88 valence electrons. The molecular weight excluding hydrogens is 221 g/mol. The molecule has 17 heavy (non-hydrogen) atoms. The zero-order chi connectivity index (χ0) is 12.4. The lowest BCUT2D eigenvalue weighted by Crippen LogP contribution is -2.32. The van der Waals surface area contributed by atoms with Crippen molar-refractivity contribution in [3.63, 3.8) is 0 Å². The predicted molar refractivity (Wildman–Crippen MR) is 63.2 cm³/mol. The largest absolute Gasteiger partial charge is 0.480 e. The van der Waals surface area contributed by atoms with E-state index in [1.807, 2.05) is 0 Å². The molecule has 0 heterocycles. The van der Waals surface area contributed by atoms with Gasteiger partial charge in [0.15, 0.2) is 0 Å². The minimum atomic E-state index is -1.06. The van der Waals surface area contributed by atoms with Crippen molar-refractivity contribution in [2.24, 2.45) is 5.73 Å². The van der Waals surface area contributed by atoms with Crippen molar-refractivity contribution in [2.45, 2.75) is 12.5 Å². The molecular formula is C13H12FNO2. The van der Waals surface area contributed by atoms with E-state index < -0.39 is 12.0 Å². The molecule has 0 radical (unpaired) electrons. The van der Waals surface area contributed by atoms with Crippen LogP contribution in [0.15, 0.2) is 36.4 Å². The van der Waals surface area contributed by atoms with Crippen molar-refractivity contribution >= 4 is 16.7 Å². The Bertz CT molecular complexity index is 568. The van der Waals surface area contributed by atoms with Crippen LogP contribution in [0.5, 0.6) is 0 Å². The summed E-state index contributed by atoms with van der Waals surface area (Å²) in [5, 5.41) is 9.97. The maximum atomic E-state index is 13.5. The van der Waals surface area contributed by atoms with E-state index in [0.29, 0.717) is 10.8 Å². The second-order valence-electron chi connectivity index (χ2n) is 3.90. The van der Waals surface area contributed by atoms with Crippen molar-refractivity contribution in [1.82, 2.24) is 0 Å². The minimum Gasteiger partial charge on any atom is -0.480 e. The SMILES string of the molecule is N[C@@H](Cc1ccc(F)c2ccccc12)C(=O)O. The molecule has 0 aliphatic heterocycles. The van der Waals surface area contributed by atoms with Gasteiger partial charge in [-0.15, -0.1) is 0 Å². The van der Waals surface area contributed by atoms with Gasteiger partial charge >= 0.3 is 5.97 Å². The van der Waals surface area contributed by atoms with Crippen LogP contribution in [-0.2, 0) is 11.2 Å². The number of hydrogen-bond acceptors (Lipinski definition) is 2. The van der Waals surface area contributed by atoms with E-state index in [0.717, 1.165) is 5.56 Å². The number of carboxylic acids is 1. The fourth-order valence-corrected chi connectivity index (χ4v) is 1.83. The van der Waals surface area contributed by atoms with Crippen LogP contribution < -0.4 is 5.73 Å². The molecule has 0 amide bonds. The molecule has 0 aliphatic rings. The summed E-state index contributed by atoms with van der Waals surface area (Å²) in [4.78, 5) is 10.7. The quantitative estimate of drug-likeness (QED) is 0.851. The first-order chi connectivity index (χ1) is 8.09. The molecule has 0 bridgehead atoms. The van der Waals surface area contributed by atoms with Gasteiger partial charge in [-0.25, -0.2) is 4.39 Å². The van der Waals surface area contributed by atoms with Crippen LogP contribution in [0.4, 0.5) is 4.39 Å². The van der Waals surface area contributed by atoms with Crippen LogP contribution in [-0.4, -0.2) is 17.1 Å². The number of benzene rings is 2. The van der Waals surface area contributed by atoms with Gasteiger partial charge in [-0.05, 0) is 23.4 Å². The number of rotatable bonds is 3. The van der Waals surface area contributed by atoms with Crippen molar-refractivity contribution in [3.8, 4) is 0 Å². The number of hydrogen-bond donors (Lipinski definition) is 2. The van der Waals surface area contributed by atoms with Gasteiger partial charge in [0.05, 0.1) is 0 Å². The fraction of sp³-hybridized carbons (Fsp3) is 0.154. The molecule has 3 N–H and O–H groups in total. The normalized spacial score (nSPS) is 12.6. The van der Waals surface area contributed by atoms with E-state index in [4.69, 9.17) is 10.8 Å². The topological polar surface area (TPSA) is 63.3 Å². The van der Waals surface area contributed by atoms with E-state index in [-0.39, 0.29) is 12.2 Å². The lowest BCUT2D eigenvalue weighted by Gasteiger charge is -2.10. The van der Waals surface area contributed by atoms with Crippen LogP contribution in [0.3, 0.4) is 0 Å². The van der Waals surface area contributed by atoms with E-state index in [1.54, 1.807) is 30.3 Å². The van der Waals surface area contributed by atoms with Crippen LogP contribution in [0.25, 0.3) is 10.8 Å². The molecule has 0 aromatic heterocycles. The predicted octanol–water partition coefficient (Wildman–Crippen LogP) is 1.93. The fourth-order valence-electron chi connectivity index (χ4n) is 1.83. The standard InChI is InChI=1S/C13H12FNO2/c14-11-6-5-8(7-12(15)13(16)17)9-3-1-2-4-10(9)11/h1-6,12H,7,15H2,(H,16,17)/t12-/m0/s1. The summed E-state index contributed by atoms with van der Waals surface area (Å²) in [6.45, 7) is 0. The molecule has 2 rings (SSSR count). The molecule has 0 unspecified atom stereocenters. The van der Waals surface area contributed by atoms with Crippen LogP contribution in [0, 0.1) is 5.82 Å². The Labute approximate surface area is 97.7 Å².